The normalized spacial score (nSPS) is 11.2. The van der Waals surface area contributed by atoms with Crippen molar-refractivity contribution in [1.82, 2.24) is 14.8 Å². The van der Waals surface area contributed by atoms with Gasteiger partial charge >= 0.3 is 0 Å². The number of fused-ring (bicyclic) bond motifs is 3. The summed E-state index contributed by atoms with van der Waals surface area (Å²) in [4.78, 5) is 4.71. The lowest BCUT2D eigenvalue weighted by Crippen LogP contribution is -2.01. The monoisotopic (exact) mass is 379 g/mol. The van der Waals surface area contributed by atoms with E-state index < -0.39 is 0 Å². The predicted molar refractivity (Wildman–Crippen MR) is 118 cm³/mol. The summed E-state index contributed by atoms with van der Waals surface area (Å²) in [5.41, 5.74) is 6.33. The highest BCUT2D eigenvalue weighted by molar-refractivity contribution is 6.09. The van der Waals surface area contributed by atoms with Crippen LogP contribution in [-0.4, -0.2) is 21.9 Å². The average molecular weight is 379 g/mol. The minimum Gasteiger partial charge on any atom is -0.497 e. The van der Waals surface area contributed by atoms with Gasteiger partial charge in [-0.1, -0.05) is 55.5 Å². The molecule has 4 nitrogen and oxygen atoms in total. The molecule has 29 heavy (non-hydrogen) atoms. The van der Waals surface area contributed by atoms with E-state index in [9.17, 15) is 0 Å². The molecule has 0 atom stereocenters. The summed E-state index contributed by atoms with van der Waals surface area (Å²) in [6.45, 7) is 2.17. The predicted octanol–water partition coefficient (Wildman–Crippen LogP) is 5.81. The first-order chi connectivity index (χ1) is 14.3. The number of hydrogen-bond acceptors (Lipinski definition) is 3. The number of pyridine rings is 1. The number of benzene rings is 3. The molecule has 3 aromatic carbocycles. The van der Waals surface area contributed by atoms with E-state index in [0.717, 1.165) is 50.9 Å². The second-order valence-corrected chi connectivity index (χ2v) is 7.01. The van der Waals surface area contributed by atoms with Gasteiger partial charge in [0.1, 0.15) is 11.4 Å². The third kappa shape index (κ3) is 2.85. The number of hydrogen-bond donors (Lipinski definition) is 0. The van der Waals surface area contributed by atoms with Gasteiger partial charge in [-0.25, -0.2) is 4.68 Å². The molecule has 0 fully saturated rings. The molecule has 0 aliphatic carbocycles. The van der Waals surface area contributed by atoms with Crippen LogP contribution in [0.5, 0.6) is 5.75 Å². The molecule has 0 saturated carbocycles. The Labute approximate surface area is 169 Å². The Morgan fingerprint density at radius 2 is 1.69 bits per heavy atom. The Balaban J connectivity index is 1.93. The van der Waals surface area contributed by atoms with E-state index in [1.54, 1.807) is 7.11 Å². The first-order valence-electron chi connectivity index (χ1n) is 9.79. The molecular weight excluding hydrogens is 358 g/mol. The minimum atomic E-state index is 0.810. The molecule has 0 amide bonds. The van der Waals surface area contributed by atoms with Crippen molar-refractivity contribution in [2.24, 2.45) is 0 Å². The maximum atomic E-state index is 5.50. The zero-order valence-corrected chi connectivity index (χ0v) is 16.5. The molecule has 0 aliphatic rings. The molecule has 0 radical (unpaired) electrons. The summed E-state index contributed by atoms with van der Waals surface area (Å²) in [6.07, 6.45) is 2.87. The second-order valence-electron chi connectivity index (χ2n) is 7.01. The standard InChI is InChI=1S/C25H21N3O/c1-3-17-9-7-8-12-23(17)28-25-20-15-19(29-2)13-14-22(20)26-16-21(25)24(27-28)18-10-5-4-6-11-18/h4-16H,3H2,1-2H3. The van der Waals surface area contributed by atoms with Crippen LogP contribution in [0.1, 0.15) is 12.5 Å². The summed E-state index contributed by atoms with van der Waals surface area (Å²) in [7, 11) is 1.69. The van der Waals surface area contributed by atoms with Gasteiger partial charge < -0.3 is 4.74 Å². The molecule has 0 N–H and O–H groups in total. The summed E-state index contributed by atoms with van der Waals surface area (Å²) in [6, 6.07) is 24.7. The highest BCUT2D eigenvalue weighted by Gasteiger charge is 2.18. The molecular formula is C25H21N3O. The third-order valence-corrected chi connectivity index (χ3v) is 5.36. The zero-order valence-electron chi connectivity index (χ0n) is 16.5. The van der Waals surface area contributed by atoms with Crippen LogP contribution < -0.4 is 4.74 Å². The fraction of sp³-hybridized carbons (Fsp3) is 0.120. The van der Waals surface area contributed by atoms with Gasteiger partial charge in [0.15, 0.2) is 0 Å². The van der Waals surface area contributed by atoms with Crippen molar-refractivity contribution in [3.63, 3.8) is 0 Å². The van der Waals surface area contributed by atoms with Gasteiger partial charge in [-0.15, -0.1) is 0 Å². The molecule has 0 aliphatic heterocycles. The van der Waals surface area contributed by atoms with Crippen LogP contribution in [0.15, 0.2) is 79.0 Å². The molecule has 2 heterocycles. The third-order valence-electron chi connectivity index (χ3n) is 5.36. The Kier molecular flexibility index (Phi) is 4.24. The van der Waals surface area contributed by atoms with Crippen molar-refractivity contribution in [3.8, 4) is 22.7 Å². The van der Waals surface area contributed by atoms with Crippen LogP contribution in [0.3, 0.4) is 0 Å². The number of para-hydroxylation sites is 1. The van der Waals surface area contributed by atoms with Crippen molar-refractivity contribution in [3.05, 3.63) is 84.6 Å². The van der Waals surface area contributed by atoms with Gasteiger partial charge in [0.05, 0.1) is 23.8 Å². The molecule has 4 heteroatoms. The summed E-state index contributed by atoms with van der Waals surface area (Å²) >= 11 is 0. The molecule has 0 spiro atoms. The highest BCUT2D eigenvalue weighted by Crippen LogP contribution is 2.35. The maximum Gasteiger partial charge on any atom is 0.119 e. The number of aromatic nitrogens is 3. The SMILES string of the molecule is CCc1ccccc1-n1nc(-c2ccccc2)c2cnc3ccc(OC)cc3c21. The van der Waals surface area contributed by atoms with Crippen molar-refractivity contribution in [2.75, 3.05) is 7.11 Å². The van der Waals surface area contributed by atoms with E-state index in [1.165, 1.54) is 5.56 Å². The van der Waals surface area contributed by atoms with Gasteiger partial charge in [-0.2, -0.15) is 5.10 Å². The topological polar surface area (TPSA) is 39.9 Å². The Hall–Kier alpha value is -3.66. The lowest BCUT2D eigenvalue weighted by molar-refractivity contribution is 0.415. The number of methoxy groups -OCH3 is 1. The van der Waals surface area contributed by atoms with Gasteiger partial charge in [-0.05, 0) is 36.2 Å². The van der Waals surface area contributed by atoms with E-state index in [4.69, 9.17) is 14.8 Å². The van der Waals surface area contributed by atoms with Gasteiger partial charge in [0.2, 0.25) is 0 Å². The first kappa shape index (κ1) is 17.4. The molecule has 0 bridgehead atoms. The number of aryl methyl sites for hydroxylation is 1. The smallest absolute Gasteiger partial charge is 0.119 e. The molecule has 5 aromatic rings. The second kappa shape index (κ2) is 7.06. The summed E-state index contributed by atoms with van der Waals surface area (Å²) in [5.74, 6) is 0.810. The summed E-state index contributed by atoms with van der Waals surface area (Å²) in [5, 5.41) is 7.14. The maximum absolute atomic E-state index is 5.50. The number of ether oxygens (including phenoxy) is 1. The molecule has 142 valence electrons. The van der Waals surface area contributed by atoms with Gasteiger partial charge in [0.25, 0.3) is 0 Å². The lowest BCUT2D eigenvalue weighted by atomic mass is 10.1. The largest absolute Gasteiger partial charge is 0.497 e. The van der Waals surface area contributed by atoms with Crippen molar-refractivity contribution in [1.29, 1.82) is 0 Å². The van der Waals surface area contributed by atoms with Gasteiger partial charge in [0, 0.05) is 22.5 Å². The van der Waals surface area contributed by atoms with Crippen LogP contribution in [0, 0.1) is 0 Å². The van der Waals surface area contributed by atoms with E-state index in [1.807, 2.05) is 42.6 Å². The van der Waals surface area contributed by atoms with Crippen molar-refractivity contribution < 1.29 is 4.74 Å². The molecule has 0 saturated heterocycles. The van der Waals surface area contributed by atoms with Gasteiger partial charge in [-0.3, -0.25) is 4.98 Å². The number of nitrogens with zero attached hydrogens (tertiary/aromatic N) is 3. The summed E-state index contributed by atoms with van der Waals surface area (Å²) < 4.78 is 7.57. The van der Waals surface area contributed by atoms with E-state index in [0.29, 0.717) is 0 Å². The average Bonchev–Trinajstić information content (AvgIpc) is 3.19. The number of rotatable bonds is 4. The first-order valence-corrected chi connectivity index (χ1v) is 9.79. The Morgan fingerprint density at radius 3 is 2.48 bits per heavy atom. The van der Waals surface area contributed by atoms with Crippen LogP contribution in [0.4, 0.5) is 0 Å². The van der Waals surface area contributed by atoms with Crippen molar-refractivity contribution >= 4 is 21.8 Å². The Morgan fingerprint density at radius 1 is 0.897 bits per heavy atom. The van der Waals surface area contributed by atoms with Crippen LogP contribution in [-0.2, 0) is 6.42 Å². The van der Waals surface area contributed by atoms with E-state index in [-0.39, 0.29) is 0 Å². The van der Waals surface area contributed by atoms with E-state index in [2.05, 4.69) is 48.0 Å². The minimum absolute atomic E-state index is 0.810. The van der Waals surface area contributed by atoms with Crippen molar-refractivity contribution in [2.45, 2.75) is 13.3 Å². The molecule has 2 aromatic heterocycles. The van der Waals surface area contributed by atoms with Crippen LogP contribution >= 0.6 is 0 Å². The molecule has 0 unspecified atom stereocenters. The zero-order chi connectivity index (χ0) is 19.8. The Bertz CT molecular complexity index is 1320. The fourth-order valence-corrected chi connectivity index (χ4v) is 3.89. The fourth-order valence-electron chi connectivity index (χ4n) is 3.89. The van der Waals surface area contributed by atoms with Crippen LogP contribution in [0.2, 0.25) is 0 Å². The van der Waals surface area contributed by atoms with Crippen LogP contribution in [0.25, 0.3) is 38.8 Å². The van der Waals surface area contributed by atoms with E-state index >= 15 is 0 Å². The lowest BCUT2D eigenvalue weighted by Gasteiger charge is -2.10. The highest BCUT2D eigenvalue weighted by atomic mass is 16.5. The molecule has 5 rings (SSSR count). The quantitative estimate of drug-likeness (QED) is 0.395.